The van der Waals surface area contributed by atoms with Crippen LogP contribution in [0.1, 0.15) is 25.0 Å². The monoisotopic (exact) mass is 252 g/mol. The van der Waals surface area contributed by atoms with Crippen molar-refractivity contribution in [2.45, 2.75) is 25.8 Å². The van der Waals surface area contributed by atoms with E-state index in [2.05, 4.69) is 22.0 Å². The summed E-state index contributed by atoms with van der Waals surface area (Å²) in [7, 11) is 0. The molecular weight excluding hydrogens is 240 g/mol. The Labute approximate surface area is 92.9 Å². The van der Waals surface area contributed by atoms with Crippen LogP contribution >= 0.6 is 15.9 Å². The molecule has 0 aromatic heterocycles. The summed E-state index contributed by atoms with van der Waals surface area (Å²) in [6, 6.07) is 8.14. The first-order valence-corrected chi connectivity index (χ1v) is 5.21. The summed E-state index contributed by atoms with van der Waals surface area (Å²) in [5.74, 6) is 0. The van der Waals surface area contributed by atoms with Gasteiger partial charge in [-0.15, -0.1) is 0 Å². The zero-order chi connectivity index (χ0) is 10.8. The quantitative estimate of drug-likeness (QED) is 0.880. The van der Waals surface area contributed by atoms with Crippen molar-refractivity contribution in [2.75, 3.05) is 0 Å². The molecule has 0 bridgehead atoms. The highest BCUT2D eigenvalue weighted by Gasteiger charge is 2.22. The lowest BCUT2D eigenvalue weighted by Crippen LogP contribution is -2.18. The van der Waals surface area contributed by atoms with E-state index in [1.54, 1.807) is 0 Å². The number of hydrogen-bond acceptors (Lipinski definition) is 2. The van der Waals surface area contributed by atoms with Crippen LogP contribution < -0.4 is 5.73 Å². The molecule has 0 saturated carbocycles. The van der Waals surface area contributed by atoms with E-state index in [4.69, 9.17) is 11.0 Å². The molecule has 1 aromatic carbocycles. The largest absolute Gasteiger partial charge is 0.326 e. The summed E-state index contributed by atoms with van der Waals surface area (Å²) in [6.07, 6.45) is 0. The van der Waals surface area contributed by atoms with Crippen molar-refractivity contribution >= 4 is 15.9 Å². The van der Waals surface area contributed by atoms with Crippen LogP contribution in [0.25, 0.3) is 0 Å². The van der Waals surface area contributed by atoms with E-state index >= 15 is 0 Å². The van der Waals surface area contributed by atoms with Crippen LogP contribution in [0.3, 0.4) is 0 Å². The number of nitrogens with two attached hydrogens (primary N) is 1. The molecule has 74 valence electrons. The first kappa shape index (κ1) is 11.2. The van der Waals surface area contributed by atoms with Gasteiger partial charge in [0.05, 0.1) is 11.5 Å². The van der Waals surface area contributed by atoms with E-state index in [-0.39, 0.29) is 0 Å². The Kier molecular flexibility index (Phi) is 3.30. The molecule has 2 nitrogen and oxygen atoms in total. The number of hydrogen-bond donors (Lipinski definition) is 1. The zero-order valence-corrected chi connectivity index (χ0v) is 9.93. The Hall–Kier alpha value is -0.850. The predicted molar refractivity (Wildman–Crippen MR) is 60.7 cm³/mol. The summed E-state index contributed by atoms with van der Waals surface area (Å²) < 4.78 is 0.996. The van der Waals surface area contributed by atoms with Crippen LogP contribution in [-0.2, 0) is 12.0 Å². The summed E-state index contributed by atoms with van der Waals surface area (Å²) >= 11 is 3.39. The maximum atomic E-state index is 9.03. The van der Waals surface area contributed by atoms with Crippen LogP contribution in [0.5, 0.6) is 0 Å². The molecule has 0 heterocycles. The van der Waals surface area contributed by atoms with Crippen molar-refractivity contribution < 1.29 is 0 Å². The minimum absolute atomic E-state index is 0.458. The van der Waals surface area contributed by atoms with Gasteiger partial charge in [-0.1, -0.05) is 22.0 Å². The molecule has 0 amide bonds. The minimum atomic E-state index is -0.477. The lowest BCUT2D eigenvalue weighted by atomic mass is 9.83. The number of benzene rings is 1. The fourth-order valence-electron chi connectivity index (χ4n) is 1.40. The number of rotatable bonds is 2. The fourth-order valence-corrected chi connectivity index (χ4v) is 1.81. The summed E-state index contributed by atoms with van der Waals surface area (Å²) in [6.45, 7) is 4.25. The van der Waals surface area contributed by atoms with Gasteiger partial charge in [0.15, 0.2) is 0 Å². The van der Waals surface area contributed by atoms with Crippen LogP contribution in [0.2, 0.25) is 0 Å². The molecule has 0 saturated heterocycles. The fraction of sp³-hybridized carbons (Fsp3) is 0.364. The molecule has 0 spiro atoms. The van der Waals surface area contributed by atoms with E-state index < -0.39 is 5.41 Å². The normalized spacial score (nSPS) is 11.1. The minimum Gasteiger partial charge on any atom is -0.326 e. The molecule has 0 unspecified atom stereocenters. The third-order valence-electron chi connectivity index (χ3n) is 2.24. The Bertz CT molecular complexity index is 377. The first-order valence-electron chi connectivity index (χ1n) is 4.41. The van der Waals surface area contributed by atoms with Gasteiger partial charge in [0.1, 0.15) is 0 Å². The van der Waals surface area contributed by atoms with Crippen molar-refractivity contribution in [2.24, 2.45) is 5.73 Å². The maximum absolute atomic E-state index is 9.03. The Morgan fingerprint density at radius 3 is 2.64 bits per heavy atom. The standard InChI is InChI=1S/C11H13BrN2/c1-11(2,7-14)10-4-3-9(12)5-8(10)6-13/h3-5H,6,13H2,1-2H3. The van der Waals surface area contributed by atoms with Crippen LogP contribution in [-0.4, -0.2) is 0 Å². The third-order valence-corrected chi connectivity index (χ3v) is 2.73. The van der Waals surface area contributed by atoms with E-state index in [0.29, 0.717) is 6.54 Å². The SMILES string of the molecule is CC(C)(C#N)c1ccc(Br)cc1CN. The Morgan fingerprint density at radius 2 is 2.14 bits per heavy atom. The molecule has 0 radical (unpaired) electrons. The lowest BCUT2D eigenvalue weighted by Gasteiger charge is -2.19. The molecule has 0 aliphatic heterocycles. The highest BCUT2D eigenvalue weighted by molar-refractivity contribution is 9.10. The van der Waals surface area contributed by atoms with E-state index in [1.807, 2.05) is 32.0 Å². The molecule has 0 aliphatic rings. The second-order valence-electron chi connectivity index (χ2n) is 3.74. The van der Waals surface area contributed by atoms with Gasteiger partial charge in [-0.25, -0.2) is 0 Å². The van der Waals surface area contributed by atoms with Crippen molar-refractivity contribution in [3.05, 3.63) is 33.8 Å². The summed E-state index contributed by atoms with van der Waals surface area (Å²) in [5.41, 5.74) is 7.19. The highest BCUT2D eigenvalue weighted by Crippen LogP contribution is 2.27. The van der Waals surface area contributed by atoms with Gasteiger partial charge in [0.2, 0.25) is 0 Å². The maximum Gasteiger partial charge on any atom is 0.0769 e. The molecule has 0 fully saturated rings. The molecule has 14 heavy (non-hydrogen) atoms. The Balaban J connectivity index is 3.29. The van der Waals surface area contributed by atoms with Crippen molar-refractivity contribution in [1.82, 2.24) is 0 Å². The van der Waals surface area contributed by atoms with Gasteiger partial charge in [-0.05, 0) is 37.1 Å². The number of nitrogens with zero attached hydrogens (tertiary/aromatic N) is 1. The van der Waals surface area contributed by atoms with Crippen molar-refractivity contribution in [3.63, 3.8) is 0 Å². The van der Waals surface area contributed by atoms with Crippen LogP contribution in [0, 0.1) is 11.3 Å². The van der Waals surface area contributed by atoms with Crippen LogP contribution in [0.4, 0.5) is 0 Å². The van der Waals surface area contributed by atoms with E-state index in [9.17, 15) is 0 Å². The molecule has 1 aromatic rings. The van der Waals surface area contributed by atoms with Gasteiger partial charge in [-0.3, -0.25) is 0 Å². The highest BCUT2D eigenvalue weighted by atomic mass is 79.9. The zero-order valence-electron chi connectivity index (χ0n) is 8.34. The molecular formula is C11H13BrN2. The molecule has 3 heteroatoms. The third kappa shape index (κ3) is 2.14. The van der Waals surface area contributed by atoms with Gasteiger partial charge in [-0.2, -0.15) is 5.26 Å². The molecule has 0 atom stereocenters. The van der Waals surface area contributed by atoms with E-state index in [1.165, 1.54) is 0 Å². The molecule has 1 rings (SSSR count). The molecule has 0 aliphatic carbocycles. The van der Waals surface area contributed by atoms with Gasteiger partial charge < -0.3 is 5.73 Å². The summed E-state index contributed by atoms with van der Waals surface area (Å²) in [4.78, 5) is 0. The number of nitriles is 1. The average Bonchev–Trinajstić information content (AvgIpc) is 2.17. The lowest BCUT2D eigenvalue weighted by molar-refractivity contribution is 0.675. The average molecular weight is 253 g/mol. The van der Waals surface area contributed by atoms with Crippen molar-refractivity contribution in [1.29, 1.82) is 5.26 Å². The second kappa shape index (κ2) is 4.12. The predicted octanol–water partition coefficient (Wildman–Crippen LogP) is 2.71. The van der Waals surface area contributed by atoms with Gasteiger partial charge in [0, 0.05) is 11.0 Å². The summed E-state index contributed by atoms with van der Waals surface area (Å²) in [5, 5.41) is 9.03. The number of halogens is 1. The Morgan fingerprint density at radius 1 is 1.50 bits per heavy atom. The second-order valence-corrected chi connectivity index (χ2v) is 4.66. The first-order chi connectivity index (χ1) is 6.51. The van der Waals surface area contributed by atoms with Crippen molar-refractivity contribution in [3.8, 4) is 6.07 Å². The smallest absolute Gasteiger partial charge is 0.0769 e. The molecule has 2 N–H and O–H groups in total. The van der Waals surface area contributed by atoms with Gasteiger partial charge >= 0.3 is 0 Å². The van der Waals surface area contributed by atoms with Gasteiger partial charge in [0.25, 0.3) is 0 Å². The van der Waals surface area contributed by atoms with Crippen LogP contribution in [0.15, 0.2) is 22.7 Å². The topological polar surface area (TPSA) is 49.8 Å². The van der Waals surface area contributed by atoms with E-state index in [0.717, 1.165) is 15.6 Å².